The first-order valence-electron chi connectivity index (χ1n) is 15.6. The van der Waals surface area contributed by atoms with Crippen molar-refractivity contribution in [1.82, 2.24) is 0 Å². The van der Waals surface area contributed by atoms with E-state index in [0.29, 0.717) is 12.3 Å². The molecule has 228 valence electrons. The van der Waals surface area contributed by atoms with Crippen molar-refractivity contribution < 1.29 is 28.5 Å². The van der Waals surface area contributed by atoms with E-state index in [4.69, 9.17) is 35.3 Å². The molecule has 2 saturated heterocycles. The lowest BCUT2D eigenvalue weighted by Crippen LogP contribution is -2.32. The van der Waals surface area contributed by atoms with E-state index in [-0.39, 0.29) is 48.0 Å². The number of halogens is 1. The smallest absolute Gasteiger partial charge is 0.305 e. The average Bonchev–Trinajstić information content (AvgIpc) is 3.25. The van der Waals surface area contributed by atoms with E-state index < -0.39 is 0 Å². The zero-order chi connectivity index (χ0) is 28.7. The second kappa shape index (κ2) is 18.4. The first-order valence-corrected chi connectivity index (χ1v) is 16.0. The third-order valence-corrected chi connectivity index (χ3v) is 8.79. The minimum Gasteiger partial charge on any atom is -0.469 e. The lowest BCUT2D eigenvalue weighted by Gasteiger charge is -2.31. The predicted octanol–water partition coefficient (Wildman–Crippen LogP) is 7.89. The fourth-order valence-electron chi connectivity index (χ4n) is 5.80. The second-order valence-electron chi connectivity index (χ2n) is 11.9. The van der Waals surface area contributed by atoms with E-state index >= 15 is 0 Å². The molecule has 0 aromatic rings. The van der Waals surface area contributed by atoms with Gasteiger partial charge in [-0.15, -0.1) is 11.6 Å². The van der Waals surface area contributed by atoms with Gasteiger partial charge in [0.05, 0.1) is 19.3 Å². The van der Waals surface area contributed by atoms with E-state index in [1.165, 1.54) is 12.7 Å². The second-order valence-corrected chi connectivity index (χ2v) is 12.5. The molecule has 1 aliphatic carbocycles. The van der Waals surface area contributed by atoms with Crippen LogP contribution in [-0.2, 0) is 28.5 Å². The molecule has 3 aliphatic rings. The maximum Gasteiger partial charge on any atom is 0.305 e. The molecule has 0 aromatic heterocycles. The third-order valence-electron chi connectivity index (χ3n) is 8.29. The zero-order valence-electron chi connectivity index (χ0n) is 25.2. The Hall–Kier alpha value is -1.18. The Morgan fingerprint density at radius 3 is 2.42 bits per heavy atom. The number of carbonyl (C=O) groups excluding carboxylic acids is 1. The Labute approximate surface area is 247 Å². The molecule has 3 rings (SSSR count). The van der Waals surface area contributed by atoms with Crippen molar-refractivity contribution in [2.24, 2.45) is 17.8 Å². The first kappa shape index (κ1) is 33.3. The van der Waals surface area contributed by atoms with Crippen LogP contribution >= 0.6 is 11.6 Å². The predicted molar refractivity (Wildman–Crippen MR) is 160 cm³/mol. The minimum atomic E-state index is -0.158. The van der Waals surface area contributed by atoms with Gasteiger partial charge >= 0.3 is 5.97 Å². The number of alkyl halides is 1. The molecule has 6 nitrogen and oxygen atoms in total. The molecule has 0 radical (unpaired) electrons. The number of esters is 1. The molecule has 2 heterocycles. The van der Waals surface area contributed by atoms with Crippen molar-refractivity contribution in [3.63, 3.8) is 0 Å². The van der Waals surface area contributed by atoms with Crippen molar-refractivity contribution in [1.29, 1.82) is 0 Å². The van der Waals surface area contributed by atoms with Gasteiger partial charge in [0.25, 0.3) is 0 Å². The molecular formula is C33H53ClO6. The SMILES string of the molecule is COC(=O)CCCC=CC[C@@H]1[C@@H](C=C[C@@H](OC2CCCCO2)C(C)CC=C(C)C)[C@H](OC2CCCCO2)C[C@@H]1Cl. The fraction of sp³-hybridized carbons (Fsp3) is 0.788. The maximum atomic E-state index is 11.4. The van der Waals surface area contributed by atoms with Gasteiger partial charge in [-0.2, -0.15) is 0 Å². The molecule has 0 N–H and O–H groups in total. The van der Waals surface area contributed by atoms with Crippen LogP contribution in [0.5, 0.6) is 0 Å². The number of unbranched alkanes of at least 4 members (excludes halogenated alkanes) is 1. The van der Waals surface area contributed by atoms with Crippen LogP contribution in [0.4, 0.5) is 0 Å². The van der Waals surface area contributed by atoms with E-state index in [0.717, 1.165) is 83.8 Å². The fourth-order valence-corrected chi connectivity index (χ4v) is 6.24. The molecule has 3 fully saturated rings. The molecule has 3 unspecified atom stereocenters. The molecule has 0 aromatic carbocycles. The van der Waals surface area contributed by atoms with Crippen molar-refractivity contribution in [2.45, 2.75) is 128 Å². The monoisotopic (exact) mass is 580 g/mol. The zero-order valence-corrected chi connectivity index (χ0v) is 26.0. The Kier molecular flexibility index (Phi) is 15.3. The van der Waals surface area contributed by atoms with Gasteiger partial charge in [-0.3, -0.25) is 4.79 Å². The summed E-state index contributed by atoms with van der Waals surface area (Å²) in [5.41, 5.74) is 1.32. The molecule has 7 heteroatoms. The summed E-state index contributed by atoms with van der Waals surface area (Å²) in [6.07, 6.45) is 22.0. The lowest BCUT2D eigenvalue weighted by molar-refractivity contribution is -0.193. The van der Waals surface area contributed by atoms with Crippen LogP contribution in [0.3, 0.4) is 0 Å². The summed E-state index contributed by atoms with van der Waals surface area (Å²) < 4.78 is 29.8. The summed E-state index contributed by atoms with van der Waals surface area (Å²) >= 11 is 7.00. The Morgan fingerprint density at radius 2 is 1.77 bits per heavy atom. The van der Waals surface area contributed by atoms with Crippen molar-refractivity contribution in [2.75, 3.05) is 20.3 Å². The number of hydrogen-bond acceptors (Lipinski definition) is 6. The molecule has 8 atom stereocenters. The quantitative estimate of drug-likeness (QED) is 0.0849. The Bertz CT molecular complexity index is 810. The van der Waals surface area contributed by atoms with Gasteiger partial charge in [0.15, 0.2) is 12.6 Å². The number of methoxy groups -OCH3 is 1. The summed E-state index contributed by atoms with van der Waals surface area (Å²) in [6.45, 7) is 8.08. The van der Waals surface area contributed by atoms with Crippen LogP contribution in [0.2, 0.25) is 0 Å². The van der Waals surface area contributed by atoms with Crippen LogP contribution in [-0.4, -0.2) is 56.5 Å². The van der Waals surface area contributed by atoms with Gasteiger partial charge < -0.3 is 23.7 Å². The number of allylic oxidation sites excluding steroid dienone is 4. The highest BCUT2D eigenvalue weighted by Crippen LogP contribution is 2.42. The van der Waals surface area contributed by atoms with E-state index in [9.17, 15) is 4.79 Å². The summed E-state index contributed by atoms with van der Waals surface area (Å²) in [7, 11) is 1.43. The highest BCUT2D eigenvalue weighted by molar-refractivity contribution is 6.21. The van der Waals surface area contributed by atoms with E-state index in [1.54, 1.807) is 0 Å². The maximum absolute atomic E-state index is 11.4. The molecule has 1 saturated carbocycles. The van der Waals surface area contributed by atoms with Crippen LogP contribution in [0.15, 0.2) is 36.0 Å². The average molecular weight is 581 g/mol. The van der Waals surface area contributed by atoms with Gasteiger partial charge in [0.1, 0.15) is 0 Å². The van der Waals surface area contributed by atoms with Gasteiger partial charge in [-0.1, -0.05) is 42.9 Å². The summed E-state index contributed by atoms with van der Waals surface area (Å²) in [5, 5.41) is 0.0205. The van der Waals surface area contributed by atoms with Crippen LogP contribution in [0.1, 0.15) is 97.8 Å². The molecule has 40 heavy (non-hydrogen) atoms. The lowest BCUT2D eigenvalue weighted by atomic mass is 9.89. The van der Waals surface area contributed by atoms with Crippen molar-refractivity contribution in [3.8, 4) is 0 Å². The van der Waals surface area contributed by atoms with Gasteiger partial charge in [0.2, 0.25) is 0 Å². The highest BCUT2D eigenvalue weighted by Gasteiger charge is 2.42. The van der Waals surface area contributed by atoms with Crippen LogP contribution in [0.25, 0.3) is 0 Å². The normalized spacial score (nSPS) is 30.9. The Morgan fingerprint density at radius 1 is 1.05 bits per heavy atom. The summed E-state index contributed by atoms with van der Waals surface area (Å²) in [6, 6.07) is 0. The number of hydrogen-bond donors (Lipinski definition) is 0. The Balaban J connectivity index is 1.72. The van der Waals surface area contributed by atoms with Gasteiger partial charge in [0, 0.05) is 30.9 Å². The minimum absolute atomic E-state index is 0.0132. The summed E-state index contributed by atoms with van der Waals surface area (Å²) in [5.74, 6) is 0.582. The van der Waals surface area contributed by atoms with Gasteiger partial charge in [-0.25, -0.2) is 0 Å². The number of carbonyl (C=O) groups is 1. The molecular weight excluding hydrogens is 528 g/mol. The largest absolute Gasteiger partial charge is 0.469 e. The molecule has 0 spiro atoms. The van der Waals surface area contributed by atoms with Crippen LogP contribution < -0.4 is 0 Å². The molecule has 2 aliphatic heterocycles. The van der Waals surface area contributed by atoms with Crippen molar-refractivity contribution in [3.05, 3.63) is 36.0 Å². The topological polar surface area (TPSA) is 63.2 Å². The number of ether oxygens (including phenoxy) is 5. The van der Waals surface area contributed by atoms with E-state index in [2.05, 4.69) is 51.2 Å². The highest BCUT2D eigenvalue weighted by atomic mass is 35.5. The van der Waals surface area contributed by atoms with Gasteiger partial charge in [-0.05, 0) is 96.3 Å². The summed E-state index contributed by atoms with van der Waals surface area (Å²) in [4.78, 5) is 11.4. The molecule has 0 amide bonds. The standard InChI is InChI=1S/C33H53ClO6/c1-24(2)17-18-25(3)29(39-32-15-9-11-21-37-32)20-19-27-26(13-7-5-6-8-14-31(35)36-4)28(34)23-30(27)40-33-16-10-12-22-38-33/h5,7,17,19-20,25-30,32-33H,6,8-16,18,21-23H2,1-4H3/t25?,26-,27-,28+,29-,30-,32?,33?/m1/s1. The number of rotatable bonds is 15. The first-order chi connectivity index (χ1) is 19.4. The molecule has 0 bridgehead atoms. The van der Waals surface area contributed by atoms with Crippen LogP contribution in [0, 0.1) is 17.8 Å². The van der Waals surface area contributed by atoms with Crippen molar-refractivity contribution >= 4 is 17.6 Å². The third kappa shape index (κ3) is 11.6. The van der Waals surface area contributed by atoms with E-state index in [1.807, 2.05) is 0 Å².